The van der Waals surface area contributed by atoms with Crippen LogP contribution in [-0.4, -0.2) is 10.1 Å². The van der Waals surface area contributed by atoms with E-state index in [9.17, 15) is 0 Å². The maximum Gasteiger partial charge on any atom is 0.213 e. The van der Waals surface area contributed by atoms with E-state index >= 15 is 0 Å². The first kappa shape index (κ1) is 12.5. The van der Waals surface area contributed by atoms with Gasteiger partial charge in [-0.15, -0.1) is 0 Å². The van der Waals surface area contributed by atoms with Crippen molar-refractivity contribution in [3.63, 3.8) is 0 Å². The topological polar surface area (TPSA) is 74.2 Å². The summed E-state index contributed by atoms with van der Waals surface area (Å²) in [5, 5.41) is 3.66. The fourth-order valence-corrected chi connectivity index (χ4v) is 2.77. The van der Waals surface area contributed by atoms with Gasteiger partial charge in [0.15, 0.2) is 6.61 Å². The molecule has 0 amide bonds. The van der Waals surface area contributed by atoms with E-state index in [1.54, 1.807) is 0 Å². The molecule has 0 aliphatic heterocycles. The summed E-state index contributed by atoms with van der Waals surface area (Å²) in [5.41, 5.74) is 6.58. The smallest absolute Gasteiger partial charge is 0.213 e. The zero-order valence-corrected chi connectivity index (χ0v) is 11.9. The third-order valence-corrected chi connectivity index (χ3v) is 3.22. The lowest BCUT2D eigenvalue weighted by Crippen LogP contribution is -2.01. The van der Waals surface area contributed by atoms with E-state index in [1.165, 1.54) is 6.39 Å². The van der Waals surface area contributed by atoms with Gasteiger partial charge in [0.1, 0.15) is 5.75 Å². The summed E-state index contributed by atoms with van der Waals surface area (Å²) in [6.45, 7) is 0.720. The summed E-state index contributed by atoms with van der Waals surface area (Å²) in [5.74, 6) is 1.18. The third kappa shape index (κ3) is 3.05. The quantitative estimate of drug-likeness (QED) is 0.904. The molecule has 2 rings (SSSR count). The number of hydrogen-bond acceptors (Lipinski definition) is 5. The van der Waals surface area contributed by atoms with Crippen molar-refractivity contribution in [2.24, 2.45) is 5.73 Å². The number of aromatic nitrogens is 2. The largest absolute Gasteiger partial charge is 0.483 e. The average Bonchev–Trinajstić information content (AvgIpc) is 2.80. The van der Waals surface area contributed by atoms with E-state index in [1.807, 2.05) is 12.1 Å². The molecule has 0 fully saturated rings. The van der Waals surface area contributed by atoms with E-state index in [0.29, 0.717) is 18.1 Å². The Labute approximate surface area is 115 Å². The summed E-state index contributed by atoms with van der Waals surface area (Å²) < 4.78 is 11.9. The van der Waals surface area contributed by atoms with Crippen LogP contribution in [0.4, 0.5) is 0 Å². The molecule has 0 aliphatic carbocycles. The molecule has 17 heavy (non-hydrogen) atoms. The molecular formula is C10H9Br2N3O2. The molecule has 2 N–H and O–H groups in total. The highest BCUT2D eigenvalue weighted by molar-refractivity contribution is 9.11. The van der Waals surface area contributed by atoms with Crippen LogP contribution in [0.1, 0.15) is 11.4 Å². The fourth-order valence-electron chi connectivity index (χ4n) is 1.26. The summed E-state index contributed by atoms with van der Waals surface area (Å²) in [6.07, 6.45) is 1.26. The first-order valence-corrected chi connectivity index (χ1v) is 6.35. The van der Waals surface area contributed by atoms with Crippen molar-refractivity contribution >= 4 is 31.9 Å². The predicted octanol–water partition coefficient (Wildman–Crippen LogP) is 2.63. The number of nitrogens with zero attached hydrogens (tertiary/aromatic N) is 2. The highest BCUT2D eigenvalue weighted by Gasteiger charge is 2.10. The van der Waals surface area contributed by atoms with Crippen LogP contribution in [0.5, 0.6) is 5.75 Å². The Morgan fingerprint density at radius 2 is 2.00 bits per heavy atom. The molecule has 1 heterocycles. The first-order chi connectivity index (χ1) is 8.20. The van der Waals surface area contributed by atoms with Crippen molar-refractivity contribution in [1.82, 2.24) is 10.1 Å². The van der Waals surface area contributed by atoms with E-state index in [0.717, 1.165) is 14.5 Å². The molecular weight excluding hydrogens is 354 g/mol. The number of benzene rings is 1. The van der Waals surface area contributed by atoms with Crippen LogP contribution in [0.2, 0.25) is 0 Å². The van der Waals surface area contributed by atoms with Gasteiger partial charge in [0, 0.05) is 6.54 Å². The van der Waals surface area contributed by atoms with Crippen molar-refractivity contribution < 1.29 is 9.26 Å². The van der Waals surface area contributed by atoms with Gasteiger partial charge < -0.3 is 15.0 Å². The fraction of sp³-hybridized carbons (Fsp3) is 0.200. The third-order valence-electron chi connectivity index (χ3n) is 2.05. The van der Waals surface area contributed by atoms with Gasteiger partial charge in [0.2, 0.25) is 12.2 Å². The lowest BCUT2D eigenvalue weighted by molar-refractivity contribution is 0.283. The van der Waals surface area contributed by atoms with Crippen LogP contribution < -0.4 is 10.5 Å². The van der Waals surface area contributed by atoms with Crippen molar-refractivity contribution in [2.45, 2.75) is 13.2 Å². The molecule has 0 atom stereocenters. The SMILES string of the molecule is NCc1cc(Br)c(OCc2ncon2)c(Br)c1. The molecule has 7 heteroatoms. The molecule has 90 valence electrons. The Hall–Kier alpha value is -0.920. The van der Waals surface area contributed by atoms with Gasteiger partial charge in [-0.05, 0) is 49.6 Å². The van der Waals surface area contributed by atoms with Crippen LogP contribution in [0.3, 0.4) is 0 Å². The second-order valence-corrected chi connectivity index (χ2v) is 4.94. The highest BCUT2D eigenvalue weighted by Crippen LogP contribution is 2.35. The number of hydrogen-bond donors (Lipinski definition) is 1. The Morgan fingerprint density at radius 1 is 1.29 bits per heavy atom. The second-order valence-electron chi connectivity index (χ2n) is 3.23. The van der Waals surface area contributed by atoms with Crippen LogP contribution in [0.25, 0.3) is 0 Å². The van der Waals surface area contributed by atoms with Gasteiger partial charge in [0.25, 0.3) is 0 Å². The average molecular weight is 363 g/mol. The van der Waals surface area contributed by atoms with Gasteiger partial charge in [-0.3, -0.25) is 0 Å². The van der Waals surface area contributed by atoms with Crippen LogP contribution in [-0.2, 0) is 13.2 Å². The molecule has 5 nitrogen and oxygen atoms in total. The standard InChI is InChI=1S/C10H9Br2N3O2/c11-7-1-6(3-13)2-8(12)10(7)16-4-9-14-5-17-15-9/h1-2,5H,3-4,13H2. The molecule has 0 spiro atoms. The minimum atomic E-state index is 0.246. The molecule has 2 aromatic rings. The number of nitrogens with two attached hydrogens (primary N) is 1. The molecule has 0 radical (unpaired) electrons. The molecule has 0 aliphatic rings. The van der Waals surface area contributed by atoms with Gasteiger partial charge >= 0.3 is 0 Å². The lowest BCUT2D eigenvalue weighted by Gasteiger charge is -2.10. The monoisotopic (exact) mass is 361 g/mol. The number of rotatable bonds is 4. The zero-order chi connectivity index (χ0) is 12.3. The number of ether oxygens (including phenoxy) is 1. The van der Waals surface area contributed by atoms with Crippen LogP contribution in [0, 0.1) is 0 Å². The number of halogens is 2. The minimum absolute atomic E-state index is 0.246. The van der Waals surface area contributed by atoms with Crippen molar-refractivity contribution in [3.05, 3.63) is 38.9 Å². The first-order valence-electron chi connectivity index (χ1n) is 4.76. The molecule has 1 aromatic heterocycles. The van der Waals surface area contributed by atoms with Crippen molar-refractivity contribution in [2.75, 3.05) is 0 Å². The predicted molar refractivity (Wildman–Crippen MR) is 68.4 cm³/mol. The van der Waals surface area contributed by atoms with Gasteiger partial charge in [-0.1, -0.05) is 5.16 Å². The molecule has 0 bridgehead atoms. The summed E-state index contributed by atoms with van der Waals surface area (Å²) in [6, 6.07) is 3.83. The Balaban J connectivity index is 2.15. The second kappa shape index (κ2) is 5.61. The van der Waals surface area contributed by atoms with E-state index < -0.39 is 0 Å². The highest BCUT2D eigenvalue weighted by atomic mass is 79.9. The van der Waals surface area contributed by atoms with E-state index in [4.69, 9.17) is 10.5 Å². The molecule has 1 aromatic carbocycles. The van der Waals surface area contributed by atoms with Gasteiger partial charge in [-0.25, -0.2) is 0 Å². The lowest BCUT2D eigenvalue weighted by atomic mass is 10.2. The minimum Gasteiger partial charge on any atom is -0.483 e. The Kier molecular flexibility index (Phi) is 4.14. The Morgan fingerprint density at radius 3 is 2.53 bits per heavy atom. The molecule has 0 saturated heterocycles. The van der Waals surface area contributed by atoms with E-state index in [2.05, 4.69) is 46.5 Å². The van der Waals surface area contributed by atoms with Crippen LogP contribution >= 0.6 is 31.9 Å². The van der Waals surface area contributed by atoms with Gasteiger partial charge in [0.05, 0.1) is 8.95 Å². The van der Waals surface area contributed by atoms with Crippen LogP contribution in [0.15, 0.2) is 32.0 Å². The Bertz CT molecular complexity index is 479. The van der Waals surface area contributed by atoms with Crippen molar-refractivity contribution in [3.8, 4) is 5.75 Å². The maximum atomic E-state index is 5.59. The summed E-state index contributed by atoms with van der Waals surface area (Å²) in [7, 11) is 0. The van der Waals surface area contributed by atoms with Gasteiger partial charge in [-0.2, -0.15) is 4.98 Å². The molecule has 0 saturated carbocycles. The molecule has 0 unspecified atom stereocenters. The zero-order valence-electron chi connectivity index (χ0n) is 8.69. The normalized spacial score (nSPS) is 10.5. The summed E-state index contributed by atoms with van der Waals surface area (Å²) >= 11 is 6.86. The maximum absolute atomic E-state index is 5.59. The van der Waals surface area contributed by atoms with E-state index in [-0.39, 0.29) is 6.61 Å². The summed E-state index contributed by atoms with van der Waals surface area (Å²) in [4.78, 5) is 3.87. The van der Waals surface area contributed by atoms with Crippen molar-refractivity contribution in [1.29, 1.82) is 0 Å².